The Labute approximate surface area is 769 Å². The number of benzene rings is 6. The summed E-state index contributed by atoms with van der Waals surface area (Å²) in [7, 11) is 76.9. The molecule has 0 amide bonds. The van der Waals surface area contributed by atoms with Crippen LogP contribution in [-0.4, -0.2) is 286 Å². The highest BCUT2D eigenvalue weighted by Gasteiger charge is 2.25. The number of halogens is 1. The van der Waals surface area contributed by atoms with Crippen molar-refractivity contribution < 1.29 is 24.3 Å². The monoisotopic (exact) mass is 1670 g/mol. The van der Waals surface area contributed by atoms with Gasteiger partial charge in [-0.1, -0.05) is 31.2 Å². The summed E-state index contributed by atoms with van der Waals surface area (Å²) in [6.45, 7) is 9.80. The molecule has 6 aromatic carbocycles. The predicted molar refractivity (Wildman–Crippen MR) is 550 cm³/mol. The fourth-order valence-corrected chi connectivity index (χ4v) is 11.7. The first-order valence-electron chi connectivity index (χ1n) is 38.7. The van der Waals surface area contributed by atoms with Gasteiger partial charge in [-0.15, -0.1) is 0 Å². The number of pyridine rings is 6. The van der Waals surface area contributed by atoms with E-state index in [1.165, 1.54) is 47.3 Å². The first kappa shape index (κ1) is 112. The van der Waals surface area contributed by atoms with E-state index >= 15 is 0 Å². The van der Waals surface area contributed by atoms with Gasteiger partial charge in [-0.05, 0) is 207 Å². The van der Waals surface area contributed by atoms with Crippen LogP contribution in [0.15, 0.2) is 192 Å². The van der Waals surface area contributed by atoms with Crippen LogP contribution >= 0.6 is 11.6 Å². The minimum Gasteiger partial charge on any atom is -0.618 e. The van der Waals surface area contributed by atoms with Crippen molar-refractivity contribution in [1.82, 2.24) is 51.5 Å². The van der Waals surface area contributed by atoms with Crippen LogP contribution in [0.5, 0.6) is 0 Å². The van der Waals surface area contributed by atoms with Crippen molar-refractivity contribution in [2.75, 3.05) is 58.2 Å². The SMILES string of the molecule is C.CN[C@@H](C)C(=O)O.CN[C@H](C)C(=O)Cc1ccc2ncccc2c1N.CN[C@H](C)C1=Nc2ccc3c(ccc[n+]3[O-])c2C1.CN[C@H](C)C1=Nc2ccc3nc(Cl)ccc3c2C1.CN[C@H](C)C1=Nc2ccc3ncccc3c2C1.Nc1c([N+](=O)[O-])ccc2ncccc12.Nc1ccc2ncccc2c1N.[B].[B]B([B])B([B])[B].[B]B([B])[B].[B][B].[B][B]B([B])[B].[B][B][B]. The third-order valence-electron chi connectivity index (χ3n) is 19.0. The van der Waals surface area contributed by atoms with Gasteiger partial charge in [0.25, 0.3) is 5.69 Å². The second kappa shape index (κ2) is 57.5. The zero-order valence-electron chi connectivity index (χ0n) is 71.7. The number of nitrogens with two attached hydrogens (primary N) is 4. The lowest BCUT2D eigenvalue weighted by Gasteiger charge is -2.11. The number of nitro groups is 1. The van der Waals surface area contributed by atoms with Gasteiger partial charge >= 0.3 is 5.97 Å². The normalized spacial score (nSPS) is 12.2. The van der Waals surface area contributed by atoms with Gasteiger partial charge in [0.2, 0.25) is 5.52 Å². The number of nitrogen functional groups attached to an aromatic ring is 4. The average molecular weight is 1660 g/mol. The first-order valence-corrected chi connectivity index (χ1v) is 39.1. The van der Waals surface area contributed by atoms with E-state index in [1.54, 1.807) is 69.9 Å². The highest BCUT2D eigenvalue weighted by atomic mass is 35.5. The summed E-state index contributed by atoms with van der Waals surface area (Å²) in [6.07, 6.45) is 9.12. The second-order valence-corrected chi connectivity index (χ2v) is 27.9. The molecular formula is C79H90B21ClN19O6. The third-order valence-corrected chi connectivity index (χ3v) is 19.2. The Hall–Kier alpha value is -10.2. The Bertz CT molecular complexity index is 5570. The number of likely N-dealkylation sites (N-methyl/N-ethyl adjacent to an activating group) is 2. The molecular weight excluding hydrogens is 1570 g/mol. The summed E-state index contributed by atoms with van der Waals surface area (Å²) in [5.41, 5.74) is 41.4. The number of hydrogen-bond donors (Lipinski definition) is 10. The summed E-state index contributed by atoms with van der Waals surface area (Å²) in [6, 6.07) is 45.3. The molecule has 126 heavy (non-hydrogen) atoms. The quantitative estimate of drug-likeness (QED) is 0.0130. The maximum Gasteiger partial charge on any atom is 0.320 e. The number of carbonyl (C=O) groups is 2. The summed E-state index contributed by atoms with van der Waals surface area (Å²) < 4.78 is 0.912. The van der Waals surface area contributed by atoms with Gasteiger partial charge in [0.15, 0.2) is 12.0 Å². The third kappa shape index (κ3) is 33.8. The molecule has 0 bridgehead atoms. The van der Waals surface area contributed by atoms with Crippen LogP contribution < -0.4 is 54.2 Å². The standard InChI is InChI=1S/C14H14ClN3.C14H15N3O.C14H17N3O.C14H15N3.C9H7N3O2.C9H9N3.C4H9NO2.CH4.B6.B5.B4.B3.B2.B/c1-8(16-2)13-7-10-9-3-6-14(15)18-11(9)4-5-12(10)17-13;1-9(15-2)13-8-11-10-4-3-7-17(18)14(10)6-5-12(11)16-13;1-9(16-2)13(18)8-10-5-6-12-11(14(10)15)4-3-7-17-12;1-9(15-2)14-8-11-10-4-3-7-16-12(10)5-6-13(11)17-14;10-9-6-2-1-5-11-7(6)3-4-8(9)12(13)14;10-7-3-4-8-6(9(7)11)2-1-5-12-8;1-3(5-2)4(6)7;;1-5(2)6(3)4;1-4-5(2)3;1-4(2)3;1-3-2;1-2;/h3-6,8,16H,7H2,1-2H3;3-7,9,15H,8H2,1-2H3;3-7,9,16H,8,15H2,1-2H3;3-7,9,15H,8H2,1-2H3;1-5H,10H2;1-5H,10-11H2;3,5H,1-2H3,(H,6,7);1H4;;;;;;/t8-;3*9-;;;3-;;;;;;;/m1111..0......./s1. The molecule has 0 aliphatic carbocycles. The van der Waals surface area contributed by atoms with Crippen LogP contribution in [0.1, 0.15) is 64.3 Å². The average Bonchev–Trinajstić information content (AvgIpc) is 1.63. The zero-order chi connectivity index (χ0) is 92.6. The molecule has 0 unspecified atom stereocenters. The molecule has 14 N–H and O–H groups in total. The molecule has 3 aliphatic heterocycles. The Morgan fingerprint density at radius 1 is 0.516 bits per heavy atom. The van der Waals surface area contributed by atoms with Crippen LogP contribution in [0.25, 0.3) is 65.4 Å². The fourth-order valence-electron chi connectivity index (χ4n) is 11.5. The molecule has 9 heterocycles. The fraction of sp³-hybridized carbons (Fsp3) is 0.253. The lowest BCUT2D eigenvalue weighted by atomic mass is 8.81. The van der Waals surface area contributed by atoms with Gasteiger partial charge in [-0.3, -0.25) is 54.6 Å². The maximum absolute atomic E-state index is 11.9. The molecule has 5 atom stereocenters. The van der Waals surface area contributed by atoms with E-state index < -0.39 is 42.5 Å². The van der Waals surface area contributed by atoms with Crippen LogP contribution in [0.4, 0.5) is 45.5 Å². The van der Waals surface area contributed by atoms with E-state index in [9.17, 15) is 24.9 Å². The first-order chi connectivity index (χ1) is 59.0. The largest absolute Gasteiger partial charge is 0.618 e. The number of anilines is 4. The lowest BCUT2D eigenvalue weighted by Crippen LogP contribution is -2.38. The van der Waals surface area contributed by atoms with Gasteiger partial charge in [0.1, 0.15) is 16.9 Å². The topological polar surface area (TPSA) is 390 Å². The number of nitrogens with one attached hydrogen (secondary N) is 5. The molecule has 33 radical (unpaired) electrons. The summed E-state index contributed by atoms with van der Waals surface area (Å²) >= 11 is 5.92. The summed E-state index contributed by atoms with van der Waals surface area (Å²) in [4.78, 5) is 67.0. The minimum atomic E-state index is -0.817. The number of fused-ring (bicyclic) bond motifs is 12. The van der Waals surface area contributed by atoms with Gasteiger partial charge in [-0.25, -0.2) is 4.98 Å². The number of aliphatic imine (C=N–C) groups is 3. The lowest BCUT2D eigenvalue weighted by molar-refractivity contribution is -0.577. The Morgan fingerprint density at radius 3 is 1.27 bits per heavy atom. The molecule has 607 valence electrons. The molecule has 25 nitrogen and oxygen atoms in total. The molecule has 47 heteroatoms. The number of rotatable bonds is 15. The van der Waals surface area contributed by atoms with Crippen LogP contribution in [0.2, 0.25) is 5.15 Å². The van der Waals surface area contributed by atoms with Gasteiger partial charge in [0.05, 0.1) is 72.4 Å². The highest BCUT2D eigenvalue weighted by Crippen LogP contribution is 2.37. The molecule has 0 saturated heterocycles. The Morgan fingerprint density at radius 2 is 0.873 bits per heavy atom. The van der Waals surface area contributed by atoms with E-state index in [0.29, 0.717) is 57.1 Å². The number of carboxylic acid groups (broad SMARTS) is 1. The molecule has 15 rings (SSSR count). The van der Waals surface area contributed by atoms with E-state index in [0.717, 1.165) is 109 Å². The number of nitro benzene ring substituents is 1. The summed E-state index contributed by atoms with van der Waals surface area (Å²) in [5.74, 6) is -0.685. The molecule has 0 fully saturated rings. The number of nitrogens with zero attached hydrogens (tertiary/aromatic N) is 10. The van der Waals surface area contributed by atoms with Crippen molar-refractivity contribution in [2.45, 2.75) is 97.9 Å². The number of carbonyl (C=O) groups excluding carboxylic acids is 1. The molecule has 0 spiro atoms. The van der Waals surface area contributed by atoms with Gasteiger partial charge in [0, 0.05) is 293 Å². The number of aliphatic carboxylic acids is 1. The Balaban J connectivity index is 0.000000484. The van der Waals surface area contributed by atoms with E-state index in [4.69, 9.17) is 98.8 Å². The predicted octanol–water partition coefficient (Wildman–Crippen LogP) is 4.28. The Kier molecular flexibility index (Phi) is 51.0. The van der Waals surface area contributed by atoms with Crippen LogP contribution in [0, 0.1) is 15.3 Å². The number of carboxylic acids is 1. The van der Waals surface area contributed by atoms with E-state index in [-0.39, 0.29) is 45.1 Å². The van der Waals surface area contributed by atoms with Crippen molar-refractivity contribution in [1.29, 1.82) is 0 Å². The van der Waals surface area contributed by atoms with Crippen LogP contribution in [0.3, 0.4) is 0 Å². The number of hydrogen-bond acceptors (Lipinski definition) is 22. The zero-order valence-corrected chi connectivity index (χ0v) is 72.5. The van der Waals surface area contributed by atoms with Gasteiger partial charge < -0.3 is 59.8 Å². The number of ketones is 1. The molecule has 12 aromatic rings. The summed E-state index contributed by atoms with van der Waals surface area (Å²) in [5, 5.41) is 51.9. The van der Waals surface area contributed by atoms with Crippen molar-refractivity contribution in [3.63, 3.8) is 0 Å². The van der Waals surface area contributed by atoms with Crippen molar-refractivity contribution >= 4 is 308 Å². The number of Topliss-reactive ketones (excluding diaryl/α,β-unsaturated/α-hetero) is 1. The van der Waals surface area contributed by atoms with E-state index in [1.807, 2.05) is 131 Å². The smallest absolute Gasteiger partial charge is 0.320 e. The highest BCUT2D eigenvalue weighted by molar-refractivity contribution is 7.76. The van der Waals surface area contributed by atoms with Crippen LogP contribution in [-0.2, 0) is 35.3 Å². The molecule has 0 saturated carbocycles. The van der Waals surface area contributed by atoms with Crippen molar-refractivity contribution in [3.05, 3.63) is 219 Å². The molecule has 6 aromatic heterocycles. The van der Waals surface area contributed by atoms with Gasteiger partial charge in [-0.2, -0.15) is 4.73 Å². The second-order valence-electron chi connectivity index (χ2n) is 27.5. The number of aromatic nitrogens is 6. The maximum atomic E-state index is 11.9. The van der Waals surface area contributed by atoms with Crippen molar-refractivity contribution in [2.24, 2.45) is 15.0 Å². The van der Waals surface area contributed by atoms with Crippen molar-refractivity contribution in [3.8, 4) is 0 Å². The van der Waals surface area contributed by atoms with E-state index in [2.05, 4.69) is 149 Å². The molecule has 3 aliphatic rings. The minimum absolute atomic E-state index is 0.